The Hall–Kier alpha value is -0.890. The summed E-state index contributed by atoms with van der Waals surface area (Å²) in [6, 6.07) is 7.19. The second-order valence-corrected chi connectivity index (χ2v) is 3.83. The number of halogens is 1. The van der Waals surface area contributed by atoms with Crippen LogP contribution >= 0.6 is 0 Å². The largest absolute Gasteiger partial charge is 0.328 e. The first kappa shape index (κ1) is 8.70. The summed E-state index contributed by atoms with van der Waals surface area (Å²) in [6.45, 7) is 0. The van der Waals surface area contributed by atoms with Crippen LogP contribution in [0, 0.1) is 5.82 Å². The van der Waals surface area contributed by atoms with Crippen LogP contribution in [0.4, 0.5) is 4.39 Å². The van der Waals surface area contributed by atoms with E-state index in [1.807, 2.05) is 6.07 Å². The van der Waals surface area contributed by atoms with Gasteiger partial charge in [-0.1, -0.05) is 12.1 Å². The number of hydrogen-bond acceptors (Lipinski definition) is 1. The van der Waals surface area contributed by atoms with Gasteiger partial charge < -0.3 is 5.73 Å². The minimum absolute atomic E-state index is 0.141. The zero-order valence-corrected chi connectivity index (χ0v) is 7.54. The smallest absolute Gasteiger partial charge is 0.123 e. The lowest BCUT2D eigenvalue weighted by atomic mass is 9.97. The molecule has 0 heterocycles. The van der Waals surface area contributed by atoms with Gasteiger partial charge in [0.15, 0.2) is 0 Å². The summed E-state index contributed by atoms with van der Waals surface area (Å²) < 4.78 is 12.9. The van der Waals surface area contributed by atoms with Gasteiger partial charge in [0.2, 0.25) is 0 Å². The van der Waals surface area contributed by atoms with Gasteiger partial charge in [0.05, 0.1) is 0 Å². The molecular formula is C11H14FN. The second kappa shape index (κ2) is 3.46. The third-order valence-corrected chi connectivity index (χ3v) is 2.79. The van der Waals surface area contributed by atoms with E-state index in [4.69, 9.17) is 5.73 Å². The molecule has 0 saturated heterocycles. The fourth-order valence-electron chi connectivity index (χ4n) is 2.08. The molecule has 0 amide bonds. The Morgan fingerprint density at radius 2 is 2.15 bits per heavy atom. The Labute approximate surface area is 77.8 Å². The van der Waals surface area contributed by atoms with E-state index in [0.29, 0.717) is 12.0 Å². The highest BCUT2D eigenvalue weighted by Crippen LogP contribution is 2.33. The van der Waals surface area contributed by atoms with E-state index in [2.05, 4.69) is 0 Å². The van der Waals surface area contributed by atoms with E-state index in [1.54, 1.807) is 12.1 Å². The molecule has 1 nitrogen and oxygen atoms in total. The molecule has 2 rings (SSSR count). The lowest BCUT2D eigenvalue weighted by Gasteiger charge is -2.09. The second-order valence-electron chi connectivity index (χ2n) is 3.83. The van der Waals surface area contributed by atoms with Crippen LogP contribution in [0.25, 0.3) is 0 Å². The van der Waals surface area contributed by atoms with Crippen molar-refractivity contribution in [3.8, 4) is 0 Å². The highest BCUT2D eigenvalue weighted by atomic mass is 19.1. The van der Waals surface area contributed by atoms with Gasteiger partial charge in [-0.3, -0.25) is 0 Å². The van der Waals surface area contributed by atoms with Gasteiger partial charge in [-0.25, -0.2) is 4.39 Å². The molecule has 1 aromatic rings. The minimum Gasteiger partial charge on any atom is -0.328 e. The quantitative estimate of drug-likeness (QED) is 0.704. The minimum atomic E-state index is -0.141. The molecule has 0 aromatic heterocycles. The molecule has 1 aromatic carbocycles. The Bertz CT molecular complexity index is 298. The van der Waals surface area contributed by atoms with E-state index in [0.717, 1.165) is 24.8 Å². The molecule has 2 N–H and O–H groups in total. The van der Waals surface area contributed by atoms with Crippen LogP contribution < -0.4 is 5.73 Å². The molecule has 0 bridgehead atoms. The van der Waals surface area contributed by atoms with E-state index in [9.17, 15) is 4.39 Å². The van der Waals surface area contributed by atoms with Gasteiger partial charge in [-0.15, -0.1) is 0 Å². The molecule has 13 heavy (non-hydrogen) atoms. The van der Waals surface area contributed by atoms with Crippen molar-refractivity contribution in [3.05, 3.63) is 35.6 Å². The van der Waals surface area contributed by atoms with Crippen molar-refractivity contribution in [2.24, 2.45) is 5.73 Å². The molecule has 2 heteroatoms. The number of rotatable bonds is 1. The van der Waals surface area contributed by atoms with Crippen molar-refractivity contribution in [2.45, 2.75) is 31.2 Å². The average Bonchev–Trinajstić information content (AvgIpc) is 2.52. The first-order valence-corrected chi connectivity index (χ1v) is 4.77. The number of benzene rings is 1. The van der Waals surface area contributed by atoms with Gasteiger partial charge in [0.25, 0.3) is 0 Å². The van der Waals surface area contributed by atoms with Crippen molar-refractivity contribution >= 4 is 0 Å². The third-order valence-electron chi connectivity index (χ3n) is 2.79. The van der Waals surface area contributed by atoms with Crippen LogP contribution in [0.1, 0.15) is 30.7 Å². The molecule has 1 fully saturated rings. The lowest BCUT2D eigenvalue weighted by molar-refractivity contribution is 0.616. The zero-order valence-electron chi connectivity index (χ0n) is 7.54. The fraction of sp³-hybridized carbons (Fsp3) is 0.455. The van der Waals surface area contributed by atoms with E-state index in [-0.39, 0.29) is 5.82 Å². The van der Waals surface area contributed by atoms with Crippen LogP contribution in [0.15, 0.2) is 24.3 Å². The predicted molar refractivity (Wildman–Crippen MR) is 51.0 cm³/mol. The highest BCUT2D eigenvalue weighted by molar-refractivity contribution is 5.22. The Morgan fingerprint density at radius 1 is 1.31 bits per heavy atom. The molecular weight excluding hydrogens is 165 g/mol. The Morgan fingerprint density at radius 3 is 2.77 bits per heavy atom. The molecule has 70 valence electrons. The predicted octanol–water partition coefficient (Wildman–Crippen LogP) is 2.42. The van der Waals surface area contributed by atoms with E-state index in [1.165, 1.54) is 6.07 Å². The standard InChI is InChI=1S/C11H14FN/c12-10-3-1-2-8(6-10)9-4-5-11(13)7-9/h1-3,6,9,11H,4-5,7,13H2. The Kier molecular flexibility index (Phi) is 2.32. The van der Waals surface area contributed by atoms with Gasteiger partial charge in [0.1, 0.15) is 5.82 Å². The molecule has 0 aliphatic heterocycles. The lowest BCUT2D eigenvalue weighted by Crippen LogP contribution is -2.14. The summed E-state index contributed by atoms with van der Waals surface area (Å²) in [5.74, 6) is 0.337. The van der Waals surface area contributed by atoms with Crippen LogP contribution in [-0.4, -0.2) is 6.04 Å². The van der Waals surface area contributed by atoms with Gasteiger partial charge >= 0.3 is 0 Å². The molecule has 1 aliphatic rings. The maximum atomic E-state index is 12.9. The topological polar surface area (TPSA) is 26.0 Å². The molecule has 1 saturated carbocycles. The first-order valence-electron chi connectivity index (χ1n) is 4.77. The molecule has 2 unspecified atom stereocenters. The van der Waals surface area contributed by atoms with Crippen LogP contribution in [-0.2, 0) is 0 Å². The third kappa shape index (κ3) is 1.89. The van der Waals surface area contributed by atoms with Gasteiger partial charge in [0, 0.05) is 6.04 Å². The normalized spacial score (nSPS) is 27.8. The van der Waals surface area contributed by atoms with Crippen molar-refractivity contribution < 1.29 is 4.39 Å². The van der Waals surface area contributed by atoms with E-state index < -0.39 is 0 Å². The summed E-state index contributed by atoms with van der Waals surface area (Å²) in [5, 5.41) is 0. The maximum absolute atomic E-state index is 12.9. The Balaban J connectivity index is 2.16. The van der Waals surface area contributed by atoms with Crippen molar-refractivity contribution in [2.75, 3.05) is 0 Å². The van der Waals surface area contributed by atoms with Crippen LogP contribution in [0.3, 0.4) is 0 Å². The molecule has 0 radical (unpaired) electrons. The molecule has 1 aliphatic carbocycles. The summed E-state index contributed by atoms with van der Waals surface area (Å²) in [5.41, 5.74) is 6.91. The van der Waals surface area contributed by atoms with Crippen molar-refractivity contribution in [1.82, 2.24) is 0 Å². The summed E-state index contributed by atoms with van der Waals surface area (Å²) >= 11 is 0. The average molecular weight is 179 g/mol. The monoisotopic (exact) mass is 179 g/mol. The number of nitrogens with two attached hydrogens (primary N) is 1. The van der Waals surface area contributed by atoms with Crippen molar-refractivity contribution in [1.29, 1.82) is 0 Å². The summed E-state index contributed by atoms with van der Waals surface area (Å²) in [6.07, 6.45) is 3.18. The van der Waals surface area contributed by atoms with Gasteiger partial charge in [-0.2, -0.15) is 0 Å². The molecule has 0 spiro atoms. The fourth-order valence-corrected chi connectivity index (χ4v) is 2.08. The maximum Gasteiger partial charge on any atom is 0.123 e. The first-order chi connectivity index (χ1) is 6.25. The number of hydrogen-bond donors (Lipinski definition) is 1. The zero-order chi connectivity index (χ0) is 9.26. The summed E-state index contributed by atoms with van der Waals surface area (Å²) in [7, 11) is 0. The van der Waals surface area contributed by atoms with Crippen LogP contribution in [0.5, 0.6) is 0 Å². The SMILES string of the molecule is NC1CCC(c2cccc(F)c2)C1. The highest BCUT2D eigenvalue weighted by Gasteiger charge is 2.22. The molecule has 2 atom stereocenters. The van der Waals surface area contributed by atoms with E-state index >= 15 is 0 Å². The van der Waals surface area contributed by atoms with Gasteiger partial charge in [-0.05, 0) is 42.9 Å². The van der Waals surface area contributed by atoms with Crippen molar-refractivity contribution in [3.63, 3.8) is 0 Å². The van der Waals surface area contributed by atoms with Crippen LogP contribution in [0.2, 0.25) is 0 Å². The summed E-state index contributed by atoms with van der Waals surface area (Å²) in [4.78, 5) is 0.